The second-order valence-electron chi connectivity index (χ2n) is 7.11. The van der Waals surface area contributed by atoms with Gasteiger partial charge in [0.15, 0.2) is 0 Å². The number of methoxy groups -OCH3 is 1. The molecule has 1 amide bonds. The van der Waals surface area contributed by atoms with Crippen molar-refractivity contribution in [3.8, 4) is 0 Å². The zero-order valence-corrected chi connectivity index (χ0v) is 18.4. The zero-order chi connectivity index (χ0) is 21.3. The standard InChI is InChI=1S/C20H24N2O5S2/c1-12-8-10-14(11-9-12)22(29(4,25)26)13(2)18(23)21-19-17(20(24)27-3)15-6-5-7-16(15)28-19/h8-11,13H,5-7H2,1-4H3,(H,21,23)/t13-/m0/s1. The van der Waals surface area contributed by atoms with Crippen molar-refractivity contribution in [2.45, 2.75) is 39.2 Å². The number of aryl methyl sites for hydroxylation is 2. The number of nitrogens with one attached hydrogen (secondary N) is 1. The SMILES string of the molecule is COC(=O)c1c(NC(=O)[C@H](C)N(c2ccc(C)cc2)S(C)(=O)=O)sc2c1CCC2. The van der Waals surface area contributed by atoms with E-state index in [1.807, 2.05) is 6.92 Å². The number of thiophene rings is 1. The van der Waals surface area contributed by atoms with E-state index in [-0.39, 0.29) is 0 Å². The maximum Gasteiger partial charge on any atom is 0.341 e. The van der Waals surface area contributed by atoms with Crippen LogP contribution in [0.15, 0.2) is 24.3 Å². The minimum Gasteiger partial charge on any atom is -0.465 e. The second kappa shape index (κ2) is 8.16. The molecule has 0 unspecified atom stereocenters. The number of ether oxygens (including phenoxy) is 1. The van der Waals surface area contributed by atoms with Gasteiger partial charge in [0.25, 0.3) is 0 Å². The number of rotatable bonds is 6. The number of amides is 1. The number of sulfonamides is 1. The smallest absolute Gasteiger partial charge is 0.341 e. The summed E-state index contributed by atoms with van der Waals surface area (Å²) in [5, 5.41) is 3.17. The molecule has 1 aliphatic rings. The lowest BCUT2D eigenvalue weighted by atomic mass is 10.1. The number of benzene rings is 1. The molecule has 0 radical (unpaired) electrons. The Morgan fingerprint density at radius 1 is 1.21 bits per heavy atom. The van der Waals surface area contributed by atoms with Gasteiger partial charge in [-0.3, -0.25) is 9.10 Å². The predicted molar refractivity (Wildman–Crippen MR) is 114 cm³/mol. The molecule has 1 aromatic heterocycles. The van der Waals surface area contributed by atoms with E-state index < -0.39 is 27.9 Å². The van der Waals surface area contributed by atoms with Gasteiger partial charge in [-0.25, -0.2) is 13.2 Å². The highest BCUT2D eigenvalue weighted by molar-refractivity contribution is 7.92. The highest BCUT2D eigenvalue weighted by Gasteiger charge is 2.32. The molecular weight excluding hydrogens is 412 g/mol. The lowest BCUT2D eigenvalue weighted by molar-refractivity contribution is -0.116. The average Bonchev–Trinajstić information content (AvgIpc) is 3.22. The molecule has 1 N–H and O–H groups in total. The maximum atomic E-state index is 13.0. The van der Waals surface area contributed by atoms with Gasteiger partial charge >= 0.3 is 5.97 Å². The molecule has 0 bridgehead atoms. The van der Waals surface area contributed by atoms with Crippen LogP contribution >= 0.6 is 11.3 Å². The van der Waals surface area contributed by atoms with Gasteiger partial charge in [-0.05, 0) is 50.8 Å². The fraction of sp³-hybridized carbons (Fsp3) is 0.400. The minimum atomic E-state index is -3.71. The van der Waals surface area contributed by atoms with E-state index in [2.05, 4.69) is 5.32 Å². The molecule has 1 atom stereocenters. The first-order valence-electron chi connectivity index (χ1n) is 9.23. The van der Waals surface area contributed by atoms with E-state index >= 15 is 0 Å². The van der Waals surface area contributed by atoms with Crippen molar-refractivity contribution in [3.05, 3.63) is 45.8 Å². The van der Waals surface area contributed by atoms with Crippen LogP contribution in [-0.2, 0) is 32.4 Å². The number of fused-ring (bicyclic) bond motifs is 1. The van der Waals surface area contributed by atoms with Crippen LogP contribution < -0.4 is 9.62 Å². The van der Waals surface area contributed by atoms with Gasteiger partial charge < -0.3 is 10.1 Å². The van der Waals surface area contributed by atoms with Crippen LogP contribution in [0.1, 0.15) is 39.7 Å². The number of anilines is 2. The molecular formula is C20H24N2O5S2. The summed E-state index contributed by atoms with van der Waals surface area (Å²) in [7, 11) is -2.41. The summed E-state index contributed by atoms with van der Waals surface area (Å²) in [4.78, 5) is 26.3. The highest BCUT2D eigenvalue weighted by Crippen LogP contribution is 2.39. The van der Waals surface area contributed by atoms with E-state index in [1.54, 1.807) is 24.3 Å². The summed E-state index contributed by atoms with van der Waals surface area (Å²) in [6, 6.07) is 5.91. The molecule has 2 aromatic rings. The Hall–Kier alpha value is -2.39. The molecule has 156 valence electrons. The number of carbonyl (C=O) groups excluding carboxylic acids is 2. The van der Waals surface area contributed by atoms with Crippen LogP contribution in [0.4, 0.5) is 10.7 Å². The van der Waals surface area contributed by atoms with Crippen molar-refractivity contribution >= 4 is 43.9 Å². The maximum absolute atomic E-state index is 13.0. The van der Waals surface area contributed by atoms with Crippen molar-refractivity contribution in [1.82, 2.24) is 0 Å². The summed E-state index contributed by atoms with van der Waals surface area (Å²) in [6.07, 6.45) is 3.65. The number of hydrogen-bond donors (Lipinski definition) is 1. The number of hydrogen-bond acceptors (Lipinski definition) is 6. The van der Waals surface area contributed by atoms with Gasteiger partial charge in [0.1, 0.15) is 11.0 Å². The molecule has 1 aromatic carbocycles. The Morgan fingerprint density at radius 2 is 1.86 bits per heavy atom. The fourth-order valence-electron chi connectivity index (χ4n) is 3.53. The first-order valence-corrected chi connectivity index (χ1v) is 11.9. The third-order valence-electron chi connectivity index (χ3n) is 4.92. The molecule has 3 rings (SSSR count). The molecule has 1 aliphatic carbocycles. The monoisotopic (exact) mass is 436 g/mol. The molecule has 1 heterocycles. The normalized spacial score (nSPS) is 14.2. The third-order valence-corrected chi connectivity index (χ3v) is 7.37. The zero-order valence-electron chi connectivity index (χ0n) is 16.8. The molecule has 9 heteroatoms. The predicted octanol–water partition coefficient (Wildman–Crippen LogP) is 3.13. The minimum absolute atomic E-state index is 0.381. The number of nitrogens with zero attached hydrogens (tertiary/aromatic N) is 1. The van der Waals surface area contributed by atoms with Gasteiger partial charge in [0.2, 0.25) is 15.9 Å². The van der Waals surface area contributed by atoms with Gasteiger partial charge in [0, 0.05) is 4.88 Å². The number of esters is 1. The van der Waals surface area contributed by atoms with Crippen molar-refractivity contribution in [3.63, 3.8) is 0 Å². The van der Waals surface area contributed by atoms with E-state index in [0.717, 1.165) is 45.8 Å². The van der Waals surface area contributed by atoms with Gasteiger partial charge in [-0.15, -0.1) is 11.3 Å². The van der Waals surface area contributed by atoms with Crippen molar-refractivity contribution < 1.29 is 22.7 Å². The largest absolute Gasteiger partial charge is 0.465 e. The number of carbonyl (C=O) groups is 2. The molecule has 0 saturated heterocycles. The summed E-state index contributed by atoms with van der Waals surface area (Å²) in [6.45, 7) is 3.42. The molecule has 29 heavy (non-hydrogen) atoms. The molecule has 7 nitrogen and oxygen atoms in total. The summed E-state index contributed by atoms with van der Waals surface area (Å²) in [5.41, 5.74) is 2.69. The molecule has 0 fully saturated rings. The molecule has 0 aliphatic heterocycles. The lowest BCUT2D eigenvalue weighted by Crippen LogP contribution is -2.45. The highest BCUT2D eigenvalue weighted by atomic mass is 32.2. The lowest BCUT2D eigenvalue weighted by Gasteiger charge is -2.28. The molecule has 0 spiro atoms. The van der Waals surface area contributed by atoms with Crippen LogP contribution in [0.25, 0.3) is 0 Å². The third kappa shape index (κ3) is 4.30. The summed E-state index contributed by atoms with van der Waals surface area (Å²) < 4.78 is 30.8. The van der Waals surface area contributed by atoms with E-state index in [1.165, 1.54) is 25.4 Å². The Bertz CT molecular complexity index is 1040. The van der Waals surface area contributed by atoms with E-state index in [0.29, 0.717) is 16.3 Å². The Morgan fingerprint density at radius 3 is 2.45 bits per heavy atom. The summed E-state index contributed by atoms with van der Waals surface area (Å²) >= 11 is 1.35. The van der Waals surface area contributed by atoms with Crippen LogP contribution in [0, 0.1) is 6.92 Å². The van der Waals surface area contributed by atoms with Crippen LogP contribution in [0.2, 0.25) is 0 Å². The average molecular weight is 437 g/mol. The topological polar surface area (TPSA) is 92.8 Å². The van der Waals surface area contributed by atoms with Crippen molar-refractivity contribution in [1.29, 1.82) is 0 Å². The van der Waals surface area contributed by atoms with Gasteiger partial charge in [0.05, 0.1) is 24.6 Å². The summed E-state index contributed by atoms with van der Waals surface area (Å²) in [5.74, 6) is -1.01. The van der Waals surface area contributed by atoms with E-state index in [9.17, 15) is 18.0 Å². The Labute approximate surface area is 174 Å². The van der Waals surface area contributed by atoms with Gasteiger partial charge in [-0.1, -0.05) is 17.7 Å². The Balaban J connectivity index is 1.92. The van der Waals surface area contributed by atoms with Crippen LogP contribution in [0.5, 0.6) is 0 Å². The first kappa shape index (κ1) is 21.3. The van der Waals surface area contributed by atoms with Crippen molar-refractivity contribution in [2.75, 3.05) is 23.0 Å². The van der Waals surface area contributed by atoms with Crippen LogP contribution in [-0.4, -0.2) is 39.7 Å². The van der Waals surface area contributed by atoms with Crippen LogP contribution in [0.3, 0.4) is 0 Å². The first-order chi connectivity index (χ1) is 13.6. The Kier molecular flexibility index (Phi) is 6.00. The van der Waals surface area contributed by atoms with Crippen molar-refractivity contribution in [2.24, 2.45) is 0 Å². The quantitative estimate of drug-likeness (QED) is 0.703. The van der Waals surface area contributed by atoms with E-state index in [4.69, 9.17) is 4.74 Å². The van der Waals surface area contributed by atoms with Gasteiger partial charge in [-0.2, -0.15) is 0 Å². The second-order valence-corrected chi connectivity index (χ2v) is 10.1. The fourth-order valence-corrected chi connectivity index (χ4v) is 5.98. The molecule has 0 saturated carbocycles.